The number of halogens is 4. The van der Waals surface area contributed by atoms with E-state index in [1.807, 2.05) is 20.8 Å². The van der Waals surface area contributed by atoms with Crippen molar-refractivity contribution >= 4 is 0 Å². The lowest BCUT2D eigenvalue weighted by atomic mass is 9.84. The largest absolute Gasteiger partial charge is 0.391 e. The van der Waals surface area contributed by atoms with Gasteiger partial charge < -0.3 is 0 Å². The normalized spacial score (nSPS) is 25.1. The zero-order valence-electron chi connectivity index (χ0n) is 12.5. The third kappa shape index (κ3) is 3.76. The van der Waals surface area contributed by atoms with Gasteiger partial charge in [-0.3, -0.25) is 4.90 Å². The first kappa shape index (κ1) is 16.3. The molecule has 1 saturated heterocycles. The lowest BCUT2D eigenvalue weighted by molar-refractivity contribution is -0.194. The molecule has 1 nitrogen and oxygen atoms in total. The van der Waals surface area contributed by atoms with Crippen LogP contribution in [0.5, 0.6) is 0 Å². The second kappa shape index (κ2) is 5.59. The van der Waals surface area contributed by atoms with Gasteiger partial charge in [0.2, 0.25) is 0 Å². The van der Waals surface area contributed by atoms with Gasteiger partial charge in [0.15, 0.2) is 0 Å². The smallest absolute Gasteiger partial charge is 0.291 e. The Morgan fingerprint density at radius 2 is 1.62 bits per heavy atom. The highest BCUT2D eigenvalue weighted by molar-refractivity contribution is 5.21. The van der Waals surface area contributed by atoms with Gasteiger partial charge in [0.1, 0.15) is 5.82 Å². The topological polar surface area (TPSA) is 3.24 Å². The van der Waals surface area contributed by atoms with E-state index in [2.05, 4.69) is 4.90 Å². The molecule has 1 fully saturated rings. The summed E-state index contributed by atoms with van der Waals surface area (Å²) in [5, 5.41) is 0. The summed E-state index contributed by atoms with van der Waals surface area (Å²) in [6.07, 6.45) is -4.01. The highest BCUT2D eigenvalue weighted by atomic mass is 19.4. The van der Waals surface area contributed by atoms with Gasteiger partial charge in [-0.15, -0.1) is 0 Å². The van der Waals surface area contributed by atoms with Crippen molar-refractivity contribution < 1.29 is 17.6 Å². The van der Waals surface area contributed by atoms with Crippen molar-refractivity contribution in [1.82, 2.24) is 4.90 Å². The van der Waals surface area contributed by atoms with Gasteiger partial charge in [-0.1, -0.05) is 12.1 Å². The van der Waals surface area contributed by atoms with Gasteiger partial charge in [-0.25, -0.2) is 4.39 Å². The summed E-state index contributed by atoms with van der Waals surface area (Å²) in [6.45, 7) is 6.39. The molecule has 1 aromatic carbocycles. The second-order valence-electron chi connectivity index (χ2n) is 6.69. The Labute approximate surface area is 122 Å². The first-order chi connectivity index (χ1) is 9.59. The fourth-order valence-corrected chi connectivity index (χ4v) is 3.07. The highest BCUT2D eigenvalue weighted by Gasteiger charge is 2.46. The lowest BCUT2D eigenvalue weighted by Gasteiger charge is -2.47. The molecule has 0 N–H and O–H groups in total. The summed E-state index contributed by atoms with van der Waals surface area (Å²) >= 11 is 0. The van der Waals surface area contributed by atoms with Crippen LogP contribution < -0.4 is 0 Å². The van der Waals surface area contributed by atoms with Crippen molar-refractivity contribution in [3.63, 3.8) is 0 Å². The molecular weight excluding hydrogens is 282 g/mol. The molecule has 0 saturated carbocycles. The molecule has 2 atom stereocenters. The number of alkyl halides is 3. The molecule has 0 radical (unpaired) electrons. The number of rotatable bonds is 1. The van der Waals surface area contributed by atoms with Crippen LogP contribution in [0.1, 0.15) is 45.2 Å². The molecule has 0 bridgehead atoms. The molecule has 1 aromatic rings. The average Bonchev–Trinajstić information content (AvgIpc) is 2.37. The van der Waals surface area contributed by atoms with Crippen LogP contribution in [0.4, 0.5) is 17.6 Å². The number of hydrogen-bond acceptors (Lipinski definition) is 1. The molecule has 1 aliphatic heterocycles. The molecule has 2 rings (SSSR count). The van der Waals surface area contributed by atoms with E-state index in [1.54, 1.807) is 12.1 Å². The Morgan fingerprint density at radius 3 is 2.10 bits per heavy atom. The molecule has 118 valence electrons. The Kier molecular flexibility index (Phi) is 4.34. The minimum atomic E-state index is -4.16. The van der Waals surface area contributed by atoms with Crippen molar-refractivity contribution in [2.24, 2.45) is 5.92 Å². The van der Waals surface area contributed by atoms with Crippen LogP contribution in [-0.4, -0.2) is 23.2 Å². The quantitative estimate of drug-likeness (QED) is 0.664. The van der Waals surface area contributed by atoms with Crippen molar-refractivity contribution in [3.05, 3.63) is 35.6 Å². The summed E-state index contributed by atoms with van der Waals surface area (Å²) in [5.74, 6) is -1.66. The minimum absolute atomic E-state index is 0.0341. The van der Waals surface area contributed by atoms with Gasteiger partial charge in [0.05, 0.1) is 5.92 Å². The molecule has 5 heteroatoms. The molecule has 1 heterocycles. The molecule has 21 heavy (non-hydrogen) atoms. The molecule has 0 aromatic heterocycles. The fraction of sp³-hybridized carbons (Fsp3) is 0.625. The number of nitrogens with zero attached hydrogens (tertiary/aromatic N) is 1. The van der Waals surface area contributed by atoms with Crippen molar-refractivity contribution in [1.29, 1.82) is 0 Å². The number of piperidine rings is 1. The van der Waals surface area contributed by atoms with Crippen LogP contribution >= 0.6 is 0 Å². The number of benzene rings is 1. The van der Waals surface area contributed by atoms with Crippen molar-refractivity contribution in [2.75, 3.05) is 6.54 Å². The first-order valence-electron chi connectivity index (χ1n) is 7.18. The molecular formula is C16H21F4N. The summed E-state index contributed by atoms with van der Waals surface area (Å²) in [4.78, 5) is 2.09. The summed E-state index contributed by atoms with van der Waals surface area (Å²) < 4.78 is 52.2. The summed E-state index contributed by atoms with van der Waals surface area (Å²) in [5.41, 5.74) is 0.524. The van der Waals surface area contributed by atoms with E-state index in [0.717, 1.165) is 5.56 Å². The minimum Gasteiger partial charge on any atom is -0.291 e. The third-order valence-corrected chi connectivity index (χ3v) is 4.18. The van der Waals surface area contributed by atoms with E-state index < -0.39 is 12.1 Å². The van der Waals surface area contributed by atoms with Gasteiger partial charge in [0.25, 0.3) is 0 Å². The third-order valence-electron chi connectivity index (χ3n) is 4.18. The molecule has 0 amide bonds. The summed E-state index contributed by atoms with van der Waals surface area (Å²) in [7, 11) is 0. The maximum atomic E-state index is 13.1. The van der Waals surface area contributed by atoms with Gasteiger partial charge >= 0.3 is 6.18 Å². The van der Waals surface area contributed by atoms with E-state index in [1.165, 1.54) is 12.1 Å². The van der Waals surface area contributed by atoms with Crippen molar-refractivity contribution in [2.45, 2.75) is 51.4 Å². The van der Waals surface area contributed by atoms with Crippen LogP contribution in [0.3, 0.4) is 0 Å². The predicted octanol–water partition coefficient (Wildman–Crippen LogP) is 4.94. The average molecular weight is 303 g/mol. The maximum Gasteiger partial charge on any atom is 0.391 e. The standard InChI is InChI=1S/C16H21F4N/c1-15(2,3)21-9-8-12(16(18,19)20)10-14(21)11-4-6-13(17)7-5-11/h4-7,12,14H,8-10H2,1-3H3/t12-,14+/m1/s1. The van der Waals surface area contributed by atoms with E-state index >= 15 is 0 Å². The Balaban J connectivity index is 2.31. The molecule has 0 unspecified atom stereocenters. The van der Waals surface area contributed by atoms with E-state index in [0.29, 0.717) is 6.54 Å². The SMILES string of the molecule is CC(C)(C)N1CC[C@@H](C(F)(F)F)C[C@H]1c1ccc(F)cc1. The van der Waals surface area contributed by atoms with E-state index in [4.69, 9.17) is 0 Å². The van der Waals surface area contributed by atoms with Crippen molar-refractivity contribution in [3.8, 4) is 0 Å². The van der Waals surface area contributed by atoms with Crippen LogP contribution in [0.2, 0.25) is 0 Å². The summed E-state index contributed by atoms with van der Waals surface area (Å²) in [6, 6.07) is 5.49. The fourth-order valence-electron chi connectivity index (χ4n) is 3.07. The second-order valence-corrected chi connectivity index (χ2v) is 6.69. The van der Waals surface area contributed by atoms with Gasteiger partial charge in [-0.05, 0) is 57.9 Å². The first-order valence-corrected chi connectivity index (χ1v) is 7.18. The van der Waals surface area contributed by atoms with Crippen LogP contribution in [0.25, 0.3) is 0 Å². The van der Waals surface area contributed by atoms with E-state index in [9.17, 15) is 17.6 Å². The van der Waals surface area contributed by atoms with Crippen LogP contribution in [0, 0.1) is 11.7 Å². The highest BCUT2D eigenvalue weighted by Crippen LogP contribution is 2.44. The zero-order valence-corrected chi connectivity index (χ0v) is 12.5. The van der Waals surface area contributed by atoms with Crippen LogP contribution in [-0.2, 0) is 0 Å². The Hall–Kier alpha value is -1.10. The monoisotopic (exact) mass is 303 g/mol. The number of likely N-dealkylation sites (tertiary alicyclic amines) is 1. The molecule has 0 spiro atoms. The van der Waals surface area contributed by atoms with Gasteiger partial charge in [-0.2, -0.15) is 13.2 Å². The Bertz CT molecular complexity index is 473. The van der Waals surface area contributed by atoms with E-state index in [-0.39, 0.29) is 30.2 Å². The molecule has 0 aliphatic carbocycles. The molecule has 1 aliphatic rings. The zero-order chi connectivity index (χ0) is 15.8. The van der Waals surface area contributed by atoms with Crippen LogP contribution in [0.15, 0.2) is 24.3 Å². The lowest BCUT2D eigenvalue weighted by Crippen LogP contribution is -2.49. The number of hydrogen-bond donors (Lipinski definition) is 0. The van der Waals surface area contributed by atoms with Gasteiger partial charge in [0, 0.05) is 11.6 Å². The Morgan fingerprint density at radius 1 is 1.05 bits per heavy atom. The predicted molar refractivity (Wildman–Crippen MR) is 74.4 cm³/mol. The maximum absolute atomic E-state index is 13.1.